The third kappa shape index (κ3) is 5.26. The summed E-state index contributed by atoms with van der Waals surface area (Å²) >= 11 is 0. The van der Waals surface area contributed by atoms with Crippen LogP contribution in [0.3, 0.4) is 0 Å². The maximum Gasteiger partial charge on any atom is 0.325 e. The summed E-state index contributed by atoms with van der Waals surface area (Å²) in [7, 11) is 1.46. The van der Waals surface area contributed by atoms with Gasteiger partial charge >= 0.3 is 5.97 Å². The van der Waals surface area contributed by atoms with E-state index in [1.54, 1.807) is 0 Å². The summed E-state index contributed by atoms with van der Waals surface area (Å²) in [6.45, 7) is 4.85. The first kappa shape index (κ1) is 16.8. The maximum atomic E-state index is 12.1. The van der Waals surface area contributed by atoms with Gasteiger partial charge in [0.25, 0.3) is 0 Å². The Labute approximate surface area is 129 Å². The number of esters is 1. The quantitative estimate of drug-likeness (QED) is 0.700. The molecule has 0 bridgehead atoms. The van der Waals surface area contributed by atoms with E-state index in [2.05, 4.69) is 12.2 Å². The second-order valence-corrected chi connectivity index (χ2v) is 7.09. The molecular formula is C17H31NO3. The van der Waals surface area contributed by atoms with E-state index in [-0.39, 0.29) is 12.1 Å². The Hall–Kier alpha value is -0.610. The van der Waals surface area contributed by atoms with Gasteiger partial charge in [-0.05, 0) is 45.4 Å². The monoisotopic (exact) mass is 297 g/mol. The average molecular weight is 297 g/mol. The van der Waals surface area contributed by atoms with Gasteiger partial charge in [-0.3, -0.25) is 10.1 Å². The second-order valence-electron chi connectivity index (χ2n) is 7.09. The lowest BCUT2D eigenvalue weighted by Gasteiger charge is -2.31. The lowest BCUT2D eigenvalue weighted by Crippen LogP contribution is -2.53. The zero-order valence-corrected chi connectivity index (χ0v) is 13.8. The van der Waals surface area contributed by atoms with E-state index >= 15 is 0 Å². The van der Waals surface area contributed by atoms with Gasteiger partial charge in [0, 0.05) is 19.1 Å². The van der Waals surface area contributed by atoms with Crippen molar-refractivity contribution in [3.05, 3.63) is 0 Å². The first-order chi connectivity index (χ1) is 10.0. The summed E-state index contributed by atoms with van der Waals surface area (Å²) in [5.41, 5.74) is -0.623. The molecule has 0 aromatic rings. The topological polar surface area (TPSA) is 47.6 Å². The molecule has 4 heteroatoms. The zero-order valence-electron chi connectivity index (χ0n) is 13.8. The van der Waals surface area contributed by atoms with E-state index in [4.69, 9.17) is 9.47 Å². The van der Waals surface area contributed by atoms with Crippen molar-refractivity contribution < 1.29 is 14.3 Å². The number of ether oxygens (including phenoxy) is 2. The molecule has 2 rings (SSSR count). The van der Waals surface area contributed by atoms with E-state index in [0.717, 1.165) is 19.4 Å². The third-order valence-corrected chi connectivity index (χ3v) is 4.77. The Balaban J connectivity index is 1.79. The highest BCUT2D eigenvalue weighted by Gasteiger charge is 2.40. The van der Waals surface area contributed by atoms with Gasteiger partial charge in [-0.15, -0.1) is 0 Å². The number of nitrogens with one attached hydrogen (secondary N) is 1. The van der Waals surface area contributed by atoms with Gasteiger partial charge in [0.15, 0.2) is 0 Å². The van der Waals surface area contributed by atoms with Gasteiger partial charge in [0.05, 0.1) is 13.2 Å². The average Bonchev–Trinajstić information content (AvgIpc) is 3.29. The zero-order chi connectivity index (χ0) is 15.3. The van der Waals surface area contributed by atoms with Crippen molar-refractivity contribution in [2.24, 2.45) is 5.92 Å². The predicted octanol–water partition coefficient (Wildman–Crippen LogP) is 3.05. The Kier molecular flexibility index (Phi) is 6.06. The van der Waals surface area contributed by atoms with Crippen molar-refractivity contribution in [2.45, 2.75) is 82.9 Å². The molecule has 0 aliphatic heterocycles. The molecule has 0 heterocycles. The van der Waals surface area contributed by atoms with E-state index < -0.39 is 5.54 Å². The van der Waals surface area contributed by atoms with Crippen molar-refractivity contribution in [3.8, 4) is 0 Å². The molecule has 4 nitrogen and oxygen atoms in total. The minimum absolute atomic E-state index is 0.0716. The van der Waals surface area contributed by atoms with Crippen molar-refractivity contribution in [1.82, 2.24) is 5.32 Å². The molecule has 2 fully saturated rings. The highest BCUT2D eigenvalue weighted by molar-refractivity contribution is 5.80. The van der Waals surface area contributed by atoms with Gasteiger partial charge in [-0.2, -0.15) is 0 Å². The number of methoxy groups -OCH3 is 1. The second kappa shape index (κ2) is 7.59. The number of carbonyl (C=O) groups is 1. The lowest BCUT2D eigenvalue weighted by atomic mass is 9.90. The standard InChI is InChI=1S/C17H31NO3/c1-13(21-12-14-7-5-4-6-8-14)11-17(2,16(19)20-3)18-15-9-10-15/h13-15,18H,4-12H2,1-3H3. The minimum atomic E-state index is -0.623. The van der Waals surface area contributed by atoms with Gasteiger partial charge < -0.3 is 9.47 Å². The van der Waals surface area contributed by atoms with E-state index in [9.17, 15) is 4.79 Å². The molecular weight excluding hydrogens is 266 g/mol. The highest BCUT2D eigenvalue weighted by atomic mass is 16.5. The molecule has 0 aromatic carbocycles. The molecule has 0 spiro atoms. The molecule has 0 aromatic heterocycles. The van der Waals surface area contributed by atoms with Crippen LogP contribution in [0.15, 0.2) is 0 Å². The summed E-state index contributed by atoms with van der Waals surface area (Å²) in [6, 6.07) is 0.472. The largest absolute Gasteiger partial charge is 0.468 e. The van der Waals surface area contributed by atoms with Crippen LogP contribution in [0, 0.1) is 5.92 Å². The summed E-state index contributed by atoms with van der Waals surface area (Å²) in [5.74, 6) is 0.532. The first-order valence-corrected chi connectivity index (χ1v) is 8.51. The van der Waals surface area contributed by atoms with Crippen LogP contribution in [-0.2, 0) is 14.3 Å². The summed E-state index contributed by atoms with van der Waals surface area (Å²) < 4.78 is 11.0. The molecule has 0 amide bonds. The van der Waals surface area contributed by atoms with Crippen LogP contribution < -0.4 is 5.32 Å². The van der Waals surface area contributed by atoms with Crippen molar-refractivity contribution in [3.63, 3.8) is 0 Å². The SMILES string of the molecule is COC(=O)C(C)(CC(C)OCC1CCCCC1)NC1CC1. The van der Waals surface area contributed by atoms with E-state index in [1.807, 2.05) is 6.92 Å². The molecule has 0 saturated heterocycles. The number of carbonyl (C=O) groups excluding carboxylic acids is 1. The van der Waals surface area contributed by atoms with Crippen LogP contribution in [0.5, 0.6) is 0 Å². The fourth-order valence-corrected chi connectivity index (χ4v) is 3.39. The third-order valence-electron chi connectivity index (χ3n) is 4.77. The Morgan fingerprint density at radius 1 is 1.24 bits per heavy atom. The molecule has 2 aliphatic carbocycles. The minimum Gasteiger partial charge on any atom is -0.468 e. The normalized spacial score (nSPS) is 24.3. The van der Waals surface area contributed by atoms with Gasteiger partial charge in [-0.25, -0.2) is 0 Å². The molecule has 122 valence electrons. The van der Waals surface area contributed by atoms with Crippen LogP contribution >= 0.6 is 0 Å². The molecule has 2 aliphatic rings. The summed E-state index contributed by atoms with van der Waals surface area (Å²) in [5, 5.41) is 3.43. The fourth-order valence-electron chi connectivity index (χ4n) is 3.39. The molecule has 2 saturated carbocycles. The molecule has 0 radical (unpaired) electrons. The smallest absolute Gasteiger partial charge is 0.325 e. The molecule has 21 heavy (non-hydrogen) atoms. The lowest BCUT2D eigenvalue weighted by molar-refractivity contribution is -0.150. The molecule has 2 atom stereocenters. The Bertz CT molecular complexity index is 337. The van der Waals surface area contributed by atoms with E-state index in [1.165, 1.54) is 39.2 Å². The van der Waals surface area contributed by atoms with Gasteiger partial charge in [0.1, 0.15) is 5.54 Å². The van der Waals surface area contributed by atoms with Crippen molar-refractivity contribution in [2.75, 3.05) is 13.7 Å². The maximum absolute atomic E-state index is 12.1. The first-order valence-electron chi connectivity index (χ1n) is 8.51. The number of hydrogen-bond donors (Lipinski definition) is 1. The van der Waals surface area contributed by atoms with E-state index in [0.29, 0.717) is 18.4 Å². The number of rotatable bonds is 8. The summed E-state index contributed by atoms with van der Waals surface area (Å²) in [6.07, 6.45) is 9.69. The van der Waals surface area contributed by atoms with Crippen LogP contribution in [0.2, 0.25) is 0 Å². The molecule has 1 N–H and O–H groups in total. The van der Waals surface area contributed by atoms with Crippen LogP contribution in [0.4, 0.5) is 0 Å². The number of hydrogen-bond acceptors (Lipinski definition) is 4. The Morgan fingerprint density at radius 3 is 2.48 bits per heavy atom. The predicted molar refractivity (Wildman–Crippen MR) is 83.2 cm³/mol. The summed E-state index contributed by atoms with van der Waals surface area (Å²) in [4.78, 5) is 12.1. The highest BCUT2D eigenvalue weighted by Crippen LogP contribution is 2.27. The van der Waals surface area contributed by atoms with Crippen molar-refractivity contribution >= 4 is 5.97 Å². The molecule has 2 unspecified atom stereocenters. The van der Waals surface area contributed by atoms with Crippen LogP contribution in [0.1, 0.15) is 65.2 Å². The Morgan fingerprint density at radius 2 is 1.90 bits per heavy atom. The van der Waals surface area contributed by atoms with Gasteiger partial charge in [-0.1, -0.05) is 19.3 Å². The van der Waals surface area contributed by atoms with Crippen molar-refractivity contribution in [1.29, 1.82) is 0 Å². The fraction of sp³-hybridized carbons (Fsp3) is 0.941. The van der Waals surface area contributed by atoms with Gasteiger partial charge in [0.2, 0.25) is 0 Å². The van der Waals surface area contributed by atoms with Crippen LogP contribution in [0.25, 0.3) is 0 Å². The van der Waals surface area contributed by atoms with Crippen LogP contribution in [-0.4, -0.2) is 37.4 Å².